The quantitative estimate of drug-likeness (QED) is 0.0719. The van der Waals surface area contributed by atoms with E-state index in [9.17, 15) is 86.8 Å². The normalized spacial score (nSPS) is 57.1. The summed E-state index contributed by atoms with van der Waals surface area (Å²) in [4.78, 5) is 0. The monoisotopic (exact) mass is 1230 g/mol. The number of fused-ring (bicyclic) bond motifs is 7. The molecule has 7 aliphatic heterocycles. The van der Waals surface area contributed by atoms with Crippen molar-refractivity contribution in [1.29, 1.82) is 0 Å². The number of aliphatic hydroxyl groups is 17. The van der Waals surface area contributed by atoms with Crippen LogP contribution in [0.1, 0.15) is 79.1 Å². The Labute approximate surface area is 490 Å². The van der Waals surface area contributed by atoms with Gasteiger partial charge in [-0.2, -0.15) is 0 Å². The molecule has 85 heavy (non-hydrogen) atoms. The van der Waals surface area contributed by atoms with Crippen LogP contribution in [0, 0.1) is 40.4 Å². The fourth-order valence-electron chi connectivity index (χ4n) is 16.7. The van der Waals surface area contributed by atoms with E-state index in [1.54, 1.807) is 0 Å². The predicted molar refractivity (Wildman–Crippen MR) is 278 cm³/mol. The van der Waals surface area contributed by atoms with Gasteiger partial charge in [-0.3, -0.25) is 0 Å². The van der Waals surface area contributed by atoms with Gasteiger partial charge in [-0.15, -0.1) is 0 Å². The molecule has 7 saturated heterocycles. The molecule has 7 heterocycles. The largest absolute Gasteiger partial charge is 0.394 e. The van der Waals surface area contributed by atoms with Crippen LogP contribution in [-0.2, 0) is 56.8 Å². The zero-order valence-corrected chi connectivity index (χ0v) is 48.0. The summed E-state index contributed by atoms with van der Waals surface area (Å²) in [6.45, 7) is 4.82. The minimum Gasteiger partial charge on any atom is -0.394 e. The second kappa shape index (κ2) is 24.9. The summed E-state index contributed by atoms with van der Waals surface area (Å²) < 4.78 is 72.6. The summed E-state index contributed by atoms with van der Waals surface area (Å²) in [6.07, 6.45) is -40.6. The minimum atomic E-state index is -2.22. The SMILES string of the molecule is C[C@H]1CC[C@@]2(OC1)O[C@H]1C[C@H]3[C@@H]4CC=C5C[C@H](O[C@H]6O[C@@H](CO)[C@H](O[C@H]7O[C@@H](CO)[C@H](O)[C@@H](O[C@H]8OC[C@H](O)[C@@H](O)[C@@H]8O)[C@@H]7O[C@H]7O[C@@H](CO)[C@H](O)[C@@H](O[C@H]8O[C@@H](CO)[C@H](O)[C@@H](O)[C@@H]8O)[C@@H]7O)[C@@H](O)[C@@H]6O)[C@@H](O)C[C@@]5(C)[C@H]4CC[C@@]3(C)[C@@]1(O)[C@H]2C. The number of hydrogen-bond acceptors (Lipinski definition) is 29. The molecule has 0 bridgehead atoms. The van der Waals surface area contributed by atoms with Crippen molar-refractivity contribution in [3.8, 4) is 0 Å². The van der Waals surface area contributed by atoms with Gasteiger partial charge in [0, 0.05) is 17.8 Å². The summed E-state index contributed by atoms with van der Waals surface area (Å²) in [5, 5.41) is 189. The topological polar surface area (TPSA) is 455 Å². The fourth-order valence-corrected chi connectivity index (χ4v) is 16.7. The van der Waals surface area contributed by atoms with Crippen LogP contribution in [0.2, 0.25) is 0 Å². The lowest BCUT2D eigenvalue weighted by Crippen LogP contribution is -2.69. The molecule has 488 valence electrons. The van der Waals surface area contributed by atoms with Gasteiger partial charge in [0.2, 0.25) is 0 Å². The average Bonchev–Trinajstić information content (AvgIpc) is 1.72. The molecule has 0 radical (unpaired) electrons. The van der Waals surface area contributed by atoms with Gasteiger partial charge in [-0.05, 0) is 74.0 Å². The van der Waals surface area contributed by atoms with Gasteiger partial charge in [0.25, 0.3) is 0 Å². The highest BCUT2D eigenvalue weighted by Crippen LogP contribution is 2.72. The third-order valence-electron chi connectivity index (χ3n) is 21.8. The lowest BCUT2D eigenvalue weighted by atomic mass is 9.46. The first-order valence-corrected chi connectivity index (χ1v) is 30.1. The van der Waals surface area contributed by atoms with Crippen molar-refractivity contribution < 1.29 is 144 Å². The molecule has 0 amide bonds. The van der Waals surface area contributed by atoms with Crippen molar-refractivity contribution in [2.24, 2.45) is 40.4 Å². The van der Waals surface area contributed by atoms with E-state index >= 15 is 0 Å². The summed E-state index contributed by atoms with van der Waals surface area (Å²) in [7, 11) is 0. The summed E-state index contributed by atoms with van der Waals surface area (Å²) in [5.41, 5.74) is -0.927. The number of ether oxygens (including phenoxy) is 12. The molecule has 36 atom stereocenters. The molecule has 4 aliphatic carbocycles. The maximum atomic E-state index is 12.9. The van der Waals surface area contributed by atoms with Crippen molar-refractivity contribution in [1.82, 2.24) is 0 Å². The predicted octanol–water partition coefficient (Wildman–Crippen LogP) is -6.44. The first-order chi connectivity index (χ1) is 40.3. The highest BCUT2D eigenvalue weighted by molar-refractivity contribution is 5.30. The van der Waals surface area contributed by atoms with E-state index in [2.05, 4.69) is 33.8 Å². The Morgan fingerprint density at radius 3 is 1.75 bits per heavy atom. The molecule has 1 spiro atoms. The molecular formula is C56H90O29. The Bertz CT molecular complexity index is 2300. The van der Waals surface area contributed by atoms with Crippen LogP contribution in [-0.4, -0.2) is 304 Å². The molecular weight excluding hydrogens is 1140 g/mol. The van der Waals surface area contributed by atoms with Gasteiger partial charge < -0.3 is 144 Å². The second-order valence-electron chi connectivity index (χ2n) is 26.5. The first-order valence-electron chi connectivity index (χ1n) is 30.1. The van der Waals surface area contributed by atoms with E-state index in [0.717, 1.165) is 37.7 Å². The summed E-state index contributed by atoms with van der Waals surface area (Å²) in [6, 6.07) is 0. The van der Waals surface area contributed by atoms with Gasteiger partial charge in [0.05, 0.1) is 58.0 Å². The first kappa shape index (κ1) is 65.1. The van der Waals surface area contributed by atoms with E-state index in [4.69, 9.17) is 56.8 Å². The maximum Gasteiger partial charge on any atom is 0.187 e. The maximum absolute atomic E-state index is 12.9. The molecule has 0 aromatic carbocycles. The van der Waals surface area contributed by atoms with E-state index < -0.39 is 215 Å². The molecule has 3 saturated carbocycles. The van der Waals surface area contributed by atoms with Gasteiger partial charge >= 0.3 is 0 Å². The number of aliphatic hydroxyl groups excluding tert-OH is 16. The van der Waals surface area contributed by atoms with Crippen molar-refractivity contribution in [3.63, 3.8) is 0 Å². The Hall–Kier alpha value is -1.42. The number of allylic oxidation sites excluding steroid dienone is 1. The molecule has 10 fully saturated rings. The highest BCUT2D eigenvalue weighted by Gasteiger charge is 2.76. The van der Waals surface area contributed by atoms with E-state index in [1.807, 2.05) is 0 Å². The van der Waals surface area contributed by atoms with E-state index in [-0.39, 0.29) is 42.6 Å². The van der Waals surface area contributed by atoms with Crippen LogP contribution in [0.25, 0.3) is 0 Å². The zero-order chi connectivity index (χ0) is 61.1. The van der Waals surface area contributed by atoms with Crippen LogP contribution < -0.4 is 0 Å². The third kappa shape index (κ3) is 10.9. The lowest BCUT2D eigenvalue weighted by Gasteiger charge is -2.60. The van der Waals surface area contributed by atoms with Crippen LogP contribution in [0.15, 0.2) is 11.6 Å². The Morgan fingerprint density at radius 1 is 0.529 bits per heavy atom. The standard InChI is InChI=1S/C56H90O29/c1-20-7-10-55(75-18-20)21(2)56(73)33(85-55)12-25-23-6-5-22-11-28(26(61)13-53(22,3)24(23)8-9-54(25,56)4)76-49-42(71)39(68)44(32(17-60)80-49)81-52-47(46(37(66)31(16-59)79-52)83-48-40(69)34(63)27(62)19-74-48)84-51-43(72)45(36(65)30(15-58)78-51)82-50-41(70)38(67)35(64)29(14-57)77-50/h5,20-21,23-52,57-73H,6-19H2,1-4H3/t20-,21-,23+,24-,25-,26-,27-,28-,29-,30-,31-,32-,33-,34+,35-,36-,37-,38+,39-,40-,41-,42-,43-,44-,45+,46+,47-,48+,49-,50+,51+,52+,53+,54+,55+,56+/m0/s1. The van der Waals surface area contributed by atoms with Gasteiger partial charge in [-0.1, -0.05) is 39.3 Å². The summed E-state index contributed by atoms with van der Waals surface area (Å²) in [5.74, 6) is -0.130. The van der Waals surface area contributed by atoms with Crippen LogP contribution in [0.3, 0.4) is 0 Å². The number of rotatable bonds is 14. The third-order valence-corrected chi connectivity index (χ3v) is 21.8. The Balaban J connectivity index is 0.806. The van der Waals surface area contributed by atoms with Crippen molar-refractivity contribution >= 4 is 0 Å². The molecule has 29 heteroatoms. The Kier molecular flexibility index (Phi) is 19.1. The van der Waals surface area contributed by atoms with Gasteiger partial charge in [0.1, 0.15) is 122 Å². The number of hydrogen-bond donors (Lipinski definition) is 17. The second-order valence-corrected chi connectivity index (χ2v) is 26.5. The van der Waals surface area contributed by atoms with E-state index in [1.165, 1.54) is 0 Å². The molecule has 0 unspecified atom stereocenters. The van der Waals surface area contributed by atoms with Crippen molar-refractivity contribution in [2.45, 2.75) is 256 Å². The molecule has 0 aromatic heterocycles. The molecule has 11 aliphatic rings. The smallest absolute Gasteiger partial charge is 0.187 e. The average molecular weight is 1230 g/mol. The van der Waals surface area contributed by atoms with Crippen LogP contribution in [0.5, 0.6) is 0 Å². The minimum absolute atomic E-state index is 0.142. The molecule has 29 nitrogen and oxygen atoms in total. The molecule has 11 rings (SSSR count). The van der Waals surface area contributed by atoms with E-state index in [0.29, 0.717) is 18.9 Å². The van der Waals surface area contributed by atoms with Crippen LogP contribution in [0.4, 0.5) is 0 Å². The van der Waals surface area contributed by atoms with Crippen molar-refractivity contribution in [2.75, 3.05) is 39.6 Å². The van der Waals surface area contributed by atoms with Gasteiger partial charge in [-0.25, -0.2) is 0 Å². The zero-order valence-electron chi connectivity index (χ0n) is 48.0. The molecule has 0 aromatic rings. The summed E-state index contributed by atoms with van der Waals surface area (Å²) >= 11 is 0. The highest BCUT2D eigenvalue weighted by atomic mass is 16.8. The van der Waals surface area contributed by atoms with Gasteiger partial charge in [0.15, 0.2) is 37.2 Å². The Morgan fingerprint density at radius 2 is 1.09 bits per heavy atom. The molecule has 17 N–H and O–H groups in total. The van der Waals surface area contributed by atoms with Crippen LogP contribution >= 0.6 is 0 Å². The lowest BCUT2D eigenvalue weighted by molar-refractivity contribution is -0.409. The fraction of sp³-hybridized carbons (Fsp3) is 0.964. The van der Waals surface area contributed by atoms with Crippen molar-refractivity contribution in [3.05, 3.63) is 11.6 Å².